The summed E-state index contributed by atoms with van der Waals surface area (Å²) in [5.41, 5.74) is 3.49. The van der Waals surface area contributed by atoms with E-state index in [0.29, 0.717) is 24.9 Å². The van der Waals surface area contributed by atoms with Crippen molar-refractivity contribution in [3.8, 4) is 5.82 Å². The summed E-state index contributed by atoms with van der Waals surface area (Å²) in [4.78, 5) is 19.1. The molecule has 0 aliphatic carbocycles. The van der Waals surface area contributed by atoms with Gasteiger partial charge >= 0.3 is 6.18 Å². The maximum absolute atomic E-state index is 12.8. The highest BCUT2D eigenvalue weighted by atomic mass is 19.4. The van der Waals surface area contributed by atoms with Crippen molar-refractivity contribution in [3.05, 3.63) is 72.3 Å². The van der Waals surface area contributed by atoms with Crippen molar-refractivity contribution in [3.63, 3.8) is 0 Å². The molecule has 1 aliphatic heterocycles. The molecule has 0 unspecified atom stereocenters. The fourth-order valence-electron chi connectivity index (χ4n) is 4.65. The number of piperidine rings is 1. The molecule has 0 spiro atoms. The van der Waals surface area contributed by atoms with Crippen molar-refractivity contribution >= 4 is 23.0 Å². The van der Waals surface area contributed by atoms with Gasteiger partial charge in [-0.05, 0) is 54.5 Å². The van der Waals surface area contributed by atoms with E-state index >= 15 is 0 Å². The first-order chi connectivity index (χ1) is 18.4. The minimum absolute atomic E-state index is 0.241. The van der Waals surface area contributed by atoms with Gasteiger partial charge in [-0.3, -0.25) is 0 Å². The standard InChI is InChI=1S/C24H22F3N11/c1-15-18(4-5-21(32-15)38-14-31-34-35-38)33-19-3-2-8-37-20(13-28-22(19)37)16-6-9-36(10-7-16)23-29-11-17(12-30-23)24(25,26)27/h2-5,8,11-14,16,33H,6-7,9-10H2,1H3. The monoisotopic (exact) mass is 521 g/mol. The number of aromatic nitrogens is 9. The largest absolute Gasteiger partial charge is 0.419 e. The van der Waals surface area contributed by atoms with Gasteiger partial charge in [0.25, 0.3) is 0 Å². The van der Waals surface area contributed by atoms with Crippen LogP contribution in [0, 0.1) is 6.92 Å². The fourth-order valence-corrected chi connectivity index (χ4v) is 4.65. The zero-order chi connectivity index (χ0) is 26.3. The molecule has 1 N–H and O–H groups in total. The van der Waals surface area contributed by atoms with Crippen molar-refractivity contribution in [2.45, 2.75) is 31.9 Å². The number of fused-ring (bicyclic) bond motifs is 1. The van der Waals surface area contributed by atoms with E-state index < -0.39 is 11.7 Å². The lowest BCUT2D eigenvalue weighted by molar-refractivity contribution is -0.138. The van der Waals surface area contributed by atoms with Gasteiger partial charge < -0.3 is 14.6 Å². The van der Waals surface area contributed by atoms with E-state index in [9.17, 15) is 13.2 Å². The van der Waals surface area contributed by atoms with Crippen LogP contribution in [0.5, 0.6) is 0 Å². The molecule has 0 atom stereocenters. The molecular weight excluding hydrogens is 499 g/mol. The maximum atomic E-state index is 12.8. The van der Waals surface area contributed by atoms with Gasteiger partial charge in [-0.1, -0.05) is 0 Å². The molecule has 11 nitrogen and oxygen atoms in total. The van der Waals surface area contributed by atoms with Gasteiger partial charge in [-0.15, -0.1) is 5.10 Å². The molecule has 6 rings (SSSR count). The normalized spacial score (nSPS) is 14.8. The molecule has 1 aliphatic rings. The molecule has 1 fully saturated rings. The minimum atomic E-state index is -4.45. The second-order valence-corrected chi connectivity index (χ2v) is 9.01. The molecule has 38 heavy (non-hydrogen) atoms. The molecule has 0 amide bonds. The van der Waals surface area contributed by atoms with Crippen LogP contribution in [-0.2, 0) is 6.18 Å². The predicted molar refractivity (Wildman–Crippen MR) is 131 cm³/mol. The molecular formula is C24H22F3N11. The van der Waals surface area contributed by atoms with Gasteiger partial charge in [0.1, 0.15) is 6.33 Å². The Morgan fingerprint density at radius 3 is 2.45 bits per heavy atom. The van der Waals surface area contributed by atoms with Crippen LogP contribution in [0.3, 0.4) is 0 Å². The summed E-state index contributed by atoms with van der Waals surface area (Å²) in [7, 11) is 0. The van der Waals surface area contributed by atoms with Gasteiger partial charge in [0.15, 0.2) is 11.5 Å². The summed E-state index contributed by atoms with van der Waals surface area (Å²) in [6.45, 7) is 3.18. The number of imidazole rings is 1. The SMILES string of the molecule is Cc1nc(-n2cnnn2)ccc1Nc1cccn2c(C3CCN(c4ncc(C(F)(F)F)cn4)CC3)cnc12. The Morgan fingerprint density at radius 1 is 0.974 bits per heavy atom. The summed E-state index contributed by atoms with van der Waals surface area (Å²) in [6.07, 6.45) is 4.20. The quantitative estimate of drug-likeness (QED) is 0.367. The lowest BCUT2D eigenvalue weighted by atomic mass is 9.94. The summed E-state index contributed by atoms with van der Waals surface area (Å²) in [5, 5.41) is 14.6. The Kier molecular flexibility index (Phi) is 5.85. The molecule has 0 bridgehead atoms. The highest BCUT2D eigenvalue weighted by Crippen LogP contribution is 2.33. The van der Waals surface area contributed by atoms with E-state index in [1.165, 1.54) is 11.0 Å². The van der Waals surface area contributed by atoms with E-state index in [0.717, 1.165) is 53.6 Å². The molecule has 14 heteroatoms. The van der Waals surface area contributed by atoms with E-state index in [2.05, 4.69) is 40.2 Å². The Hall–Kier alpha value is -4.62. The summed E-state index contributed by atoms with van der Waals surface area (Å²) < 4.78 is 42.0. The average Bonchev–Trinajstić information content (AvgIpc) is 3.61. The number of nitrogens with one attached hydrogen (secondary N) is 1. The third kappa shape index (κ3) is 4.48. The van der Waals surface area contributed by atoms with Gasteiger partial charge in [0, 0.05) is 49.5 Å². The second-order valence-electron chi connectivity index (χ2n) is 9.01. The molecule has 5 aromatic rings. The first kappa shape index (κ1) is 23.8. The predicted octanol–water partition coefficient (Wildman–Crippen LogP) is 3.95. The third-order valence-corrected chi connectivity index (χ3v) is 6.65. The van der Waals surface area contributed by atoms with Crippen molar-refractivity contribution in [2.24, 2.45) is 0 Å². The van der Waals surface area contributed by atoms with Crippen LogP contribution in [-0.4, -0.2) is 57.6 Å². The number of tetrazole rings is 1. The Bertz CT molecular complexity index is 1550. The van der Waals surface area contributed by atoms with E-state index in [4.69, 9.17) is 4.98 Å². The number of halogens is 3. The molecule has 194 valence electrons. The number of aryl methyl sites for hydroxylation is 1. The topological polar surface area (TPSA) is 115 Å². The summed E-state index contributed by atoms with van der Waals surface area (Å²) >= 11 is 0. The van der Waals surface area contributed by atoms with Crippen LogP contribution in [0.15, 0.2) is 55.4 Å². The number of nitrogens with zero attached hydrogens (tertiary/aromatic N) is 10. The number of hydrogen-bond donors (Lipinski definition) is 1. The highest BCUT2D eigenvalue weighted by Gasteiger charge is 2.32. The van der Waals surface area contributed by atoms with Crippen molar-refractivity contribution in [2.75, 3.05) is 23.3 Å². The molecule has 0 saturated carbocycles. The van der Waals surface area contributed by atoms with Crippen LogP contribution in [0.25, 0.3) is 11.5 Å². The van der Waals surface area contributed by atoms with E-state index in [1.807, 2.05) is 48.5 Å². The summed E-state index contributed by atoms with van der Waals surface area (Å²) in [6, 6.07) is 7.68. The minimum Gasteiger partial charge on any atom is -0.351 e. The van der Waals surface area contributed by atoms with Crippen LogP contribution in [0.1, 0.15) is 35.7 Å². The van der Waals surface area contributed by atoms with Crippen LogP contribution >= 0.6 is 0 Å². The number of pyridine rings is 2. The van der Waals surface area contributed by atoms with Gasteiger partial charge in [-0.2, -0.15) is 17.9 Å². The van der Waals surface area contributed by atoms with Crippen LogP contribution < -0.4 is 10.2 Å². The van der Waals surface area contributed by atoms with Crippen molar-refractivity contribution in [1.82, 2.24) is 44.5 Å². The Balaban J connectivity index is 1.17. The molecule has 1 saturated heterocycles. The van der Waals surface area contributed by atoms with Crippen LogP contribution in [0.2, 0.25) is 0 Å². The van der Waals surface area contributed by atoms with Crippen LogP contribution in [0.4, 0.5) is 30.5 Å². The van der Waals surface area contributed by atoms with Crippen molar-refractivity contribution in [1.29, 1.82) is 0 Å². The van der Waals surface area contributed by atoms with E-state index in [-0.39, 0.29) is 5.92 Å². The Labute approximate surface area is 214 Å². The smallest absolute Gasteiger partial charge is 0.351 e. The number of rotatable bonds is 5. The number of anilines is 3. The number of hydrogen-bond acceptors (Lipinski definition) is 9. The zero-order valence-electron chi connectivity index (χ0n) is 20.2. The van der Waals surface area contributed by atoms with Gasteiger partial charge in [-0.25, -0.2) is 19.9 Å². The molecule has 6 heterocycles. The molecule has 5 aromatic heterocycles. The highest BCUT2D eigenvalue weighted by molar-refractivity contribution is 5.75. The average molecular weight is 522 g/mol. The first-order valence-corrected chi connectivity index (χ1v) is 11.9. The lowest BCUT2D eigenvalue weighted by Crippen LogP contribution is -2.34. The first-order valence-electron chi connectivity index (χ1n) is 11.9. The second kappa shape index (κ2) is 9.36. The fraction of sp³-hybridized carbons (Fsp3) is 0.292. The van der Waals surface area contributed by atoms with Gasteiger partial charge in [0.05, 0.1) is 22.6 Å². The lowest BCUT2D eigenvalue weighted by Gasteiger charge is -2.31. The van der Waals surface area contributed by atoms with E-state index in [1.54, 1.807) is 0 Å². The van der Waals surface area contributed by atoms with Crippen molar-refractivity contribution < 1.29 is 13.2 Å². The third-order valence-electron chi connectivity index (χ3n) is 6.65. The zero-order valence-corrected chi connectivity index (χ0v) is 20.2. The Morgan fingerprint density at radius 2 is 1.76 bits per heavy atom. The summed E-state index contributed by atoms with van der Waals surface area (Å²) in [5.74, 6) is 1.17. The molecule has 0 radical (unpaired) electrons. The van der Waals surface area contributed by atoms with Gasteiger partial charge in [0.2, 0.25) is 5.95 Å². The molecule has 0 aromatic carbocycles. The maximum Gasteiger partial charge on any atom is 0.419 e. The number of alkyl halides is 3.